The number of hydrogen-bond donors (Lipinski definition) is 1. The summed E-state index contributed by atoms with van der Waals surface area (Å²) in [7, 11) is 0. The normalized spacial score (nSPS) is 41.7. The first kappa shape index (κ1) is 12.0. The van der Waals surface area contributed by atoms with Gasteiger partial charge in [0.05, 0.1) is 13.2 Å². The predicted molar refractivity (Wildman–Crippen MR) is 55.7 cm³/mol. The van der Waals surface area contributed by atoms with Crippen molar-refractivity contribution in [2.24, 2.45) is 0 Å². The van der Waals surface area contributed by atoms with Crippen molar-refractivity contribution in [3.8, 4) is 0 Å². The number of rotatable bonds is 3. The summed E-state index contributed by atoms with van der Waals surface area (Å²) < 4.78 is 21.9. The van der Waals surface area contributed by atoms with Gasteiger partial charge in [-0.3, -0.25) is 0 Å². The van der Waals surface area contributed by atoms with Crippen molar-refractivity contribution in [3.63, 3.8) is 0 Å². The Hall–Kier alpha value is -0.460. The van der Waals surface area contributed by atoms with E-state index in [2.05, 4.69) is 6.58 Å². The van der Waals surface area contributed by atoms with E-state index in [1.54, 1.807) is 6.08 Å². The van der Waals surface area contributed by atoms with Gasteiger partial charge in [-0.1, -0.05) is 6.08 Å². The van der Waals surface area contributed by atoms with Crippen LogP contribution in [0.25, 0.3) is 0 Å². The van der Waals surface area contributed by atoms with Gasteiger partial charge in [0, 0.05) is 0 Å². The maximum absolute atomic E-state index is 10.0. The van der Waals surface area contributed by atoms with Gasteiger partial charge in [-0.05, 0) is 13.8 Å². The molecule has 0 spiro atoms. The summed E-state index contributed by atoms with van der Waals surface area (Å²) in [4.78, 5) is 0. The quantitative estimate of drug-likeness (QED) is 0.712. The fraction of sp³-hybridized carbons (Fsp3) is 0.818. The van der Waals surface area contributed by atoms with Crippen molar-refractivity contribution >= 4 is 0 Å². The highest BCUT2D eigenvalue weighted by atomic mass is 16.8. The summed E-state index contributed by atoms with van der Waals surface area (Å²) in [6.07, 6.45) is -0.512. The SMILES string of the molecule is C=CCO[C@H]1OC[C@@H]2OC(C)(C)O[C@@H]2[C@H]1O. The highest BCUT2D eigenvalue weighted by Crippen LogP contribution is 2.34. The molecule has 0 aromatic carbocycles. The molecule has 2 heterocycles. The summed E-state index contributed by atoms with van der Waals surface area (Å²) in [5.41, 5.74) is 0. The number of aliphatic hydroxyl groups excluding tert-OH is 1. The Balaban J connectivity index is 1.98. The highest BCUT2D eigenvalue weighted by molar-refractivity contribution is 4.91. The first-order chi connectivity index (χ1) is 7.53. The lowest BCUT2D eigenvalue weighted by atomic mass is 10.1. The lowest BCUT2D eigenvalue weighted by Crippen LogP contribution is -2.52. The number of aliphatic hydroxyl groups is 1. The zero-order valence-corrected chi connectivity index (χ0v) is 9.59. The Morgan fingerprint density at radius 1 is 1.50 bits per heavy atom. The van der Waals surface area contributed by atoms with Gasteiger partial charge >= 0.3 is 0 Å². The molecule has 0 amide bonds. The molecule has 16 heavy (non-hydrogen) atoms. The van der Waals surface area contributed by atoms with E-state index in [1.807, 2.05) is 13.8 Å². The van der Waals surface area contributed by atoms with Crippen LogP contribution in [0.1, 0.15) is 13.8 Å². The molecular weight excluding hydrogens is 212 g/mol. The Morgan fingerprint density at radius 2 is 2.25 bits per heavy atom. The van der Waals surface area contributed by atoms with E-state index in [1.165, 1.54) is 0 Å². The third-order valence-corrected chi connectivity index (χ3v) is 2.64. The van der Waals surface area contributed by atoms with Gasteiger partial charge in [0.1, 0.15) is 18.3 Å². The van der Waals surface area contributed by atoms with Crippen molar-refractivity contribution in [3.05, 3.63) is 12.7 Å². The first-order valence-corrected chi connectivity index (χ1v) is 5.41. The van der Waals surface area contributed by atoms with Crippen molar-refractivity contribution in [2.75, 3.05) is 13.2 Å². The average molecular weight is 230 g/mol. The van der Waals surface area contributed by atoms with Gasteiger partial charge in [0.25, 0.3) is 0 Å². The number of ether oxygens (including phenoxy) is 4. The molecule has 0 saturated carbocycles. The van der Waals surface area contributed by atoms with Crippen LogP contribution in [0, 0.1) is 0 Å². The molecule has 2 rings (SSSR count). The van der Waals surface area contributed by atoms with E-state index in [9.17, 15) is 5.11 Å². The van der Waals surface area contributed by atoms with E-state index >= 15 is 0 Å². The number of hydrogen-bond acceptors (Lipinski definition) is 5. The molecular formula is C11H18O5. The molecule has 0 aromatic heterocycles. The molecule has 2 aliphatic heterocycles. The summed E-state index contributed by atoms with van der Waals surface area (Å²) in [6, 6.07) is 0. The molecule has 0 unspecified atom stereocenters. The van der Waals surface area contributed by atoms with Crippen LogP contribution < -0.4 is 0 Å². The second-order valence-corrected chi connectivity index (χ2v) is 4.45. The van der Waals surface area contributed by atoms with Crippen molar-refractivity contribution in [1.29, 1.82) is 0 Å². The summed E-state index contributed by atoms with van der Waals surface area (Å²) in [6.45, 7) is 7.88. The standard InChI is InChI=1S/C11H18O5/c1-4-5-13-10-8(12)9-7(6-14-10)15-11(2,3)16-9/h4,7-10,12H,1,5-6H2,2-3H3/t7-,8+,9-,10-/m0/s1. The molecule has 92 valence electrons. The monoisotopic (exact) mass is 230 g/mol. The van der Waals surface area contributed by atoms with Crippen molar-refractivity contribution in [2.45, 2.75) is 44.2 Å². The average Bonchev–Trinajstić information content (AvgIpc) is 2.53. The fourth-order valence-corrected chi connectivity index (χ4v) is 2.03. The van der Waals surface area contributed by atoms with Crippen molar-refractivity contribution in [1.82, 2.24) is 0 Å². The molecule has 5 heteroatoms. The van der Waals surface area contributed by atoms with E-state index in [0.29, 0.717) is 13.2 Å². The Kier molecular flexibility index (Phi) is 3.32. The third kappa shape index (κ3) is 2.28. The minimum Gasteiger partial charge on any atom is -0.385 e. The maximum Gasteiger partial charge on any atom is 0.186 e. The summed E-state index contributed by atoms with van der Waals surface area (Å²) >= 11 is 0. The first-order valence-electron chi connectivity index (χ1n) is 5.41. The van der Waals surface area contributed by atoms with Gasteiger partial charge < -0.3 is 24.1 Å². The van der Waals surface area contributed by atoms with Crippen LogP contribution >= 0.6 is 0 Å². The van der Waals surface area contributed by atoms with Gasteiger partial charge in [-0.25, -0.2) is 0 Å². The van der Waals surface area contributed by atoms with Crippen LogP contribution in [0.5, 0.6) is 0 Å². The highest BCUT2D eigenvalue weighted by Gasteiger charge is 2.50. The van der Waals surface area contributed by atoms with Crippen molar-refractivity contribution < 1.29 is 24.1 Å². The predicted octanol–water partition coefficient (Wildman–Crippen LogP) is 0.426. The minimum atomic E-state index is -0.833. The molecule has 5 nitrogen and oxygen atoms in total. The third-order valence-electron chi connectivity index (χ3n) is 2.64. The van der Waals surface area contributed by atoms with E-state index in [0.717, 1.165) is 0 Å². The lowest BCUT2D eigenvalue weighted by molar-refractivity contribution is -0.247. The van der Waals surface area contributed by atoms with Gasteiger partial charge in [0.15, 0.2) is 12.1 Å². The molecule has 4 atom stereocenters. The van der Waals surface area contributed by atoms with E-state index < -0.39 is 24.3 Å². The molecule has 1 N–H and O–H groups in total. The van der Waals surface area contributed by atoms with Crippen LogP contribution in [0.4, 0.5) is 0 Å². The van der Waals surface area contributed by atoms with Crippen LogP contribution in [-0.4, -0.2) is 48.7 Å². The molecule has 0 aromatic rings. The lowest BCUT2D eigenvalue weighted by Gasteiger charge is -2.34. The molecule has 2 fully saturated rings. The molecule has 0 aliphatic carbocycles. The maximum atomic E-state index is 10.0. The Morgan fingerprint density at radius 3 is 2.94 bits per heavy atom. The zero-order valence-electron chi connectivity index (χ0n) is 9.59. The van der Waals surface area contributed by atoms with Gasteiger partial charge in [0.2, 0.25) is 0 Å². The van der Waals surface area contributed by atoms with Gasteiger partial charge in [-0.2, -0.15) is 0 Å². The van der Waals surface area contributed by atoms with Gasteiger partial charge in [-0.15, -0.1) is 6.58 Å². The molecule has 2 aliphatic rings. The number of fused-ring (bicyclic) bond motifs is 1. The second-order valence-electron chi connectivity index (χ2n) is 4.45. The van der Waals surface area contributed by atoms with Crippen LogP contribution in [0.15, 0.2) is 12.7 Å². The molecule has 2 saturated heterocycles. The fourth-order valence-electron chi connectivity index (χ4n) is 2.03. The zero-order chi connectivity index (χ0) is 11.8. The summed E-state index contributed by atoms with van der Waals surface area (Å²) in [5, 5.41) is 10.0. The Bertz CT molecular complexity index is 265. The largest absolute Gasteiger partial charge is 0.385 e. The van der Waals surface area contributed by atoms with Crippen LogP contribution in [-0.2, 0) is 18.9 Å². The molecule has 0 radical (unpaired) electrons. The van der Waals surface area contributed by atoms with E-state index in [4.69, 9.17) is 18.9 Å². The Labute approximate surface area is 94.9 Å². The topological polar surface area (TPSA) is 57.2 Å². The second kappa shape index (κ2) is 4.43. The summed E-state index contributed by atoms with van der Waals surface area (Å²) in [5.74, 6) is -0.674. The molecule has 0 bridgehead atoms. The van der Waals surface area contributed by atoms with Crippen LogP contribution in [0.2, 0.25) is 0 Å². The minimum absolute atomic E-state index is 0.228. The van der Waals surface area contributed by atoms with E-state index in [-0.39, 0.29) is 6.10 Å². The van der Waals surface area contributed by atoms with Crippen LogP contribution in [0.3, 0.4) is 0 Å². The smallest absolute Gasteiger partial charge is 0.186 e.